The van der Waals surface area contributed by atoms with Crippen LogP contribution in [0.5, 0.6) is 17.2 Å². The number of amides is 1. The standard InChI is InChI=1S/C51H55ClN2O14/c1-24-14-13-15-25(2)49(61)54-40-39(53-31-18-20-32(63-9)21-19-31)43(58)36-37(44(40)59)46(67-50(62)33-16-11-12-17-34(33)52)29(6)47-38(36)48(60)51(8,68-47)65-23-22-35(64-10)26(3)45(66-30(7)55)28(5)42(57)27(4)41(24)56/h11-24,26-28,35,41-42,45,53,56-57H,1-10H3,(H,54,61)/b14-13+,23-22+,25-15-/t24-,26+,27+,28-,35-,41-,42-,45+,51-/m0/s1. The molecule has 68 heavy (non-hydrogen) atoms. The highest BCUT2D eigenvalue weighted by Crippen LogP contribution is 2.49. The Bertz CT molecular complexity index is 2650. The number of Topliss-reactive ketones (excluding diaryl/α,β-unsaturated/α-hetero) is 3. The number of carbonyl (C=O) groups is 6. The van der Waals surface area contributed by atoms with Gasteiger partial charge in [-0.25, -0.2) is 4.79 Å². The van der Waals surface area contributed by atoms with Crippen LogP contribution >= 0.6 is 11.6 Å². The van der Waals surface area contributed by atoms with Crippen molar-refractivity contribution in [2.45, 2.75) is 85.6 Å². The minimum atomic E-state index is -2.21. The monoisotopic (exact) mass is 954 g/mol. The van der Waals surface area contributed by atoms with Gasteiger partial charge >= 0.3 is 17.7 Å². The summed E-state index contributed by atoms with van der Waals surface area (Å²) in [7, 11) is 2.88. The fourth-order valence-electron chi connectivity index (χ4n) is 8.52. The van der Waals surface area contributed by atoms with Crippen LogP contribution in [0.2, 0.25) is 5.02 Å². The van der Waals surface area contributed by atoms with Crippen molar-refractivity contribution in [3.8, 4) is 17.2 Å². The number of esters is 2. The van der Waals surface area contributed by atoms with Crippen molar-refractivity contribution in [2.24, 2.45) is 23.7 Å². The summed E-state index contributed by atoms with van der Waals surface area (Å²) in [5.74, 6) is -10.4. The molecule has 4 aliphatic rings. The maximum Gasteiger partial charge on any atom is 0.345 e. The maximum absolute atomic E-state index is 15.2. The van der Waals surface area contributed by atoms with Crippen LogP contribution in [0.3, 0.4) is 0 Å². The Morgan fingerprint density at radius 1 is 0.853 bits per heavy atom. The molecule has 3 heterocycles. The molecule has 9 atom stereocenters. The molecule has 1 aliphatic carbocycles. The van der Waals surface area contributed by atoms with Crippen molar-refractivity contribution in [1.82, 2.24) is 5.32 Å². The first kappa shape index (κ1) is 50.8. The summed E-state index contributed by atoms with van der Waals surface area (Å²) in [6.07, 6.45) is 3.06. The zero-order chi connectivity index (χ0) is 49.9. The van der Waals surface area contributed by atoms with Gasteiger partial charge in [0.25, 0.3) is 11.7 Å². The van der Waals surface area contributed by atoms with Gasteiger partial charge in [0.05, 0.1) is 59.0 Å². The number of benzene rings is 3. The minimum Gasteiger partial charge on any atom is -0.497 e. The number of halogens is 1. The first-order valence-electron chi connectivity index (χ1n) is 21.9. The largest absolute Gasteiger partial charge is 0.497 e. The summed E-state index contributed by atoms with van der Waals surface area (Å²) >= 11 is 6.39. The van der Waals surface area contributed by atoms with Gasteiger partial charge in [-0.3, -0.25) is 24.0 Å². The molecule has 3 aromatic carbocycles. The molecule has 0 spiro atoms. The lowest BCUT2D eigenvalue weighted by molar-refractivity contribution is -0.160. The van der Waals surface area contributed by atoms with E-state index in [2.05, 4.69) is 10.6 Å². The lowest BCUT2D eigenvalue weighted by Gasteiger charge is -2.38. The van der Waals surface area contributed by atoms with Gasteiger partial charge in [-0.05, 0) is 56.3 Å². The van der Waals surface area contributed by atoms with Crippen molar-refractivity contribution in [1.29, 1.82) is 0 Å². The summed E-state index contributed by atoms with van der Waals surface area (Å²) in [5, 5.41) is 28.6. The number of aliphatic hydroxyl groups excluding tert-OH is 2. The number of carbonyl (C=O) groups excluding carboxylic acids is 6. The van der Waals surface area contributed by atoms with Crippen LogP contribution in [-0.2, 0) is 23.8 Å². The molecule has 1 amide bonds. The molecule has 0 saturated heterocycles. The number of anilines is 1. The summed E-state index contributed by atoms with van der Waals surface area (Å²) in [6.45, 7) is 12.2. The van der Waals surface area contributed by atoms with Gasteiger partial charge in [-0.2, -0.15) is 0 Å². The molecule has 0 fully saturated rings. The third-order valence-corrected chi connectivity index (χ3v) is 12.9. The molecular weight excluding hydrogens is 900 g/mol. The fourth-order valence-corrected chi connectivity index (χ4v) is 8.73. The number of hydrogen-bond acceptors (Lipinski definition) is 15. The molecule has 5 bridgehead atoms. The van der Waals surface area contributed by atoms with Gasteiger partial charge in [0, 0.05) is 61.5 Å². The average Bonchev–Trinajstić information content (AvgIpc) is 3.58. The van der Waals surface area contributed by atoms with Gasteiger partial charge < -0.3 is 49.3 Å². The van der Waals surface area contributed by atoms with Gasteiger partial charge in [0.2, 0.25) is 11.6 Å². The van der Waals surface area contributed by atoms with E-state index >= 15 is 9.59 Å². The van der Waals surface area contributed by atoms with Crippen LogP contribution in [0.4, 0.5) is 5.69 Å². The second-order valence-corrected chi connectivity index (χ2v) is 17.7. The average molecular weight is 955 g/mol. The molecule has 0 saturated carbocycles. The van der Waals surface area contributed by atoms with Crippen LogP contribution in [-0.4, -0.2) is 89.8 Å². The highest BCUT2D eigenvalue weighted by Gasteiger charge is 2.53. The number of rotatable bonds is 7. The normalized spacial score (nSPS) is 28.3. The molecule has 3 aromatic rings. The summed E-state index contributed by atoms with van der Waals surface area (Å²) in [4.78, 5) is 85.7. The molecule has 7 rings (SSSR count). The number of hydrogen-bond donors (Lipinski definition) is 4. The van der Waals surface area contributed by atoms with Gasteiger partial charge in [-0.15, -0.1) is 0 Å². The zero-order valence-corrected chi connectivity index (χ0v) is 40.1. The molecule has 0 aromatic heterocycles. The van der Waals surface area contributed by atoms with Crippen molar-refractivity contribution in [2.75, 3.05) is 19.5 Å². The third kappa shape index (κ3) is 9.99. The quantitative estimate of drug-likeness (QED) is 0.135. The first-order valence-corrected chi connectivity index (χ1v) is 22.3. The molecule has 17 heteroatoms. The number of nitrogens with one attached hydrogen (secondary N) is 2. The fraction of sp³-hybridized carbons (Fsp3) is 0.373. The van der Waals surface area contributed by atoms with Crippen LogP contribution in [0.1, 0.15) is 95.5 Å². The Morgan fingerprint density at radius 2 is 1.53 bits per heavy atom. The molecule has 360 valence electrons. The Labute approximate surface area is 398 Å². The van der Waals surface area contributed by atoms with E-state index in [9.17, 15) is 29.4 Å². The van der Waals surface area contributed by atoms with Crippen LogP contribution < -0.4 is 24.8 Å². The van der Waals surface area contributed by atoms with Crippen molar-refractivity contribution < 1.29 is 67.4 Å². The summed E-state index contributed by atoms with van der Waals surface area (Å²) in [5.41, 5.74) is -2.13. The number of ketones is 3. The van der Waals surface area contributed by atoms with E-state index in [1.54, 1.807) is 70.2 Å². The molecular formula is C51H55ClN2O14. The lowest BCUT2D eigenvalue weighted by Crippen LogP contribution is -2.46. The van der Waals surface area contributed by atoms with Crippen LogP contribution in [0.25, 0.3) is 0 Å². The van der Waals surface area contributed by atoms with Crippen molar-refractivity contribution in [3.63, 3.8) is 0 Å². The summed E-state index contributed by atoms with van der Waals surface area (Å²) < 4.78 is 35.1. The Hall–Kier alpha value is -6.59. The smallest absolute Gasteiger partial charge is 0.345 e. The number of aliphatic hydroxyl groups is 2. The number of fused-ring (bicyclic) bond motifs is 14. The van der Waals surface area contributed by atoms with Gasteiger partial charge in [0.1, 0.15) is 34.7 Å². The SMILES string of the molecule is COc1ccc(NC2=C3NC(=O)/C(C)=C\C=C\[C@H](C)[C@H](O)[C@@H](C)[C@H](O)[C@H](C)[C@H](OC(C)=O)[C@H](C)[C@@H](OC)/C=C/O[C@@]4(C)Oc5c(C)c(OC(=O)c6ccccc6Cl)c(c(c5C4=O)C2=O)C3=O)cc1. The predicted molar refractivity (Wildman–Crippen MR) is 250 cm³/mol. The van der Waals surface area contributed by atoms with E-state index in [0.29, 0.717) is 5.75 Å². The van der Waals surface area contributed by atoms with E-state index in [4.69, 9.17) is 40.0 Å². The Morgan fingerprint density at radius 3 is 2.16 bits per heavy atom. The van der Waals surface area contributed by atoms with E-state index in [1.807, 2.05) is 0 Å². The molecule has 16 nitrogen and oxygen atoms in total. The van der Waals surface area contributed by atoms with Crippen LogP contribution in [0.15, 0.2) is 96.1 Å². The van der Waals surface area contributed by atoms with E-state index in [-0.39, 0.29) is 38.7 Å². The van der Waals surface area contributed by atoms with Crippen molar-refractivity contribution in [3.05, 3.63) is 129 Å². The highest BCUT2D eigenvalue weighted by molar-refractivity contribution is 6.34. The van der Waals surface area contributed by atoms with Gasteiger partial charge in [-0.1, -0.05) is 69.7 Å². The van der Waals surface area contributed by atoms with Crippen molar-refractivity contribution >= 4 is 52.5 Å². The summed E-state index contributed by atoms with van der Waals surface area (Å²) in [6, 6.07) is 12.3. The first-order chi connectivity index (χ1) is 32.1. The minimum absolute atomic E-state index is 0.0235. The Kier molecular flexibility index (Phi) is 15.5. The maximum atomic E-state index is 15.2. The van der Waals surface area contributed by atoms with Gasteiger partial charge in [0.15, 0.2) is 0 Å². The molecule has 0 radical (unpaired) electrons. The van der Waals surface area contributed by atoms with E-state index < -0.39 is 117 Å². The third-order valence-electron chi connectivity index (χ3n) is 12.6. The predicted octanol–water partition coefficient (Wildman–Crippen LogP) is 7.25. The highest BCUT2D eigenvalue weighted by atomic mass is 35.5. The lowest BCUT2D eigenvalue weighted by atomic mass is 9.78. The number of methoxy groups -OCH3 is 2. The van der Waals surface area contributed by atoms with Crippen LogP contribution in [0, 0.1) is 30.6 Å². The second-order valence-electron chi connectivity index (χ2n) is 17.2. The number of ether oxygens (including phenoxy) is 6. The second kappa shape index (κ2) is 20.7. The molecule has 3 aliphatic heterocycles. The molecule has 0 unspecified atom stereocenters. The molecule has 4 N–H and O–H groups in total. The topological polar surface area (TPSA) is 222 Å². The Balaban J connectivity index is 1.58. The van der Waals surface area contributed by atoms with E-state index in [1.165, 1.54) is 72.3 Å². The van der Waals surface area contributed by atoms with E-state index in [0.717, 1.165) is 6.26 Å². The zero-order valence-electron chi connectivity index (χ0n) is 39.3. The number of allylic oxidation sites excluding steroid dienone is 4.